The SMILES string of the molecule is CCNC(=O)[C@@H](C)N(Cc1ccc(Br)cc1)C(=O)CN(c1cc(C(F)(F)F)ccc1Cl)S(=O)(=O)c1ccccc1. The van der Waals surface area contributed by atoms with Crippen molar-refractivity contribution in [1.82, 2.24) is 10.2 Å². The minimum Gasteiger partial charge on any atom is -0.355 e. The van der Waals surface area contributed by atoms with Gasteiger partial charge in [0.1, 0.15) is 12.6 Å². The largest absolute Gasteiger partial charge is 0.416 e. The van der Waals surface area contributed by atoms with Crippen molar-refractivity contribution in [2.75, 3.05) is 17.4 Å². The summed E-state index contributed by atoms with van der Waals surface area (Å²) in [4.78, 5) is 27.4. The highest BCUT2D eigenvalue weighted by Crippen LogP contribution is 2.37. The van der Waals surface area contributed by atoms with Crippen molar-refractivity contribution in [3.8, 4) is 0 Å². The molecule has 0 saturated carbocycles. The number of nitrogens with one attached hydrogen (secondary N) is 1. The quantitative estimate of drug-likeness (QED) is 0.295. The number of rotatable bonds is 10. The zero-order valence-electron chi connectivity index (χ0n) is 21.5. The van der Waals surface area contributed by atoms with Gasteiger partial charge in [-0.1, -0.05) is 57.9 Å². The molecular weight excluding hydrogens is 635 g/mol. The summed E-state index contributed by atoms with van der Waals surface area (Å²) in [6.07, 6.45) is -4.80. The lowest BCUT2D eigenvalue weighted by Crippen LogP contribution is -2.51. The van der Waals surface area contributed by atoms with Gasteiger partial charge in [-0.2, -0.15) is 13.2 Å². The van der Waals surface area contributed by atoms with E-state index in [2.05, 4.69) is 21.2 Å². The molecule has 0 aliphatic rings. The first-order valence-electron chi connectivity index (χ1n) is 12.0. The monoisotopic (exact) mass is 659 g/mol. The van der Waals surface area contributed by atoms with Gasteiger partial charge < -0.3 is 10.2 Å². The molecule has 0 spiro atoms. The highest BCUT2D eigenvalue weighted by molar-refractivity contribution is 9.10. The number of sulfonamides is 1. The number of likely N-dealkylation sites (N-methyl/N-ethyl adjacent to an activating group) is 1. The molecule has 13 heteroatoms. The summed E-state index contributed by atoms with van der Waals surface area (Å²) in [5.41, 5.74) is -1.03. The van der Waals surface area contributed by atoms with Gasteiger partial charge in [-0.05, 0) is 61.9 Å². The number of carbonyl (C=O) groups excluding carboxylic acids is 2. The lowest BCUT2D eigenvalue weighted by atomic mass is 10.1. The van der Waals surface area contributed by atoms with Crippen LogP contribution in [0.25, 0.3) is 0 Å². The lowest BCUT2D eigenvalue weighted by molar-refractivity contribution is -0.139. The zero-order chi connectivity index (χ0) is 29.7. The smallest absolute Gasteiger partial charge is 0.355 e. The Morgan fingerprint density at radius 2 is 1.65 bits per heavy atom. The summed E-state index contributed by atoms with van der Waals surface area (Å²) in [7, 11) is -4.57. The van der Waals surface area contributed by atoms with Gasteiger partial charge in [0.2, 0.25) is 11.8 Å². The number of hydrogen-bond donors (Lipinski definition) is 1. The summed E-state index contributed by atoms with van der Waals surface area (Å²) in [6.45, 7) is 2.49. The van der Waals surface area contributed by atoms with Gasteiger partial charge in [0.25, 0.3) is 10.0 Å². The molecule has 3 rings (SSSR count). The van der Waals surface area contributed by atoms with Gasteiger partial charge in [0.15, 0.2) is 0 Å². The Balaban J connectivity index is 2.12. The molecule has 0 aliphatic carbocycles. The maximum absolute atomic E-state index is 13.8. The molecule has 1 atom stereocenters. The van der Waals surface area contributed by atoms with E-state index in [0.29, 0.717) is 15.9 Å². The fourth-order valence-electron chi connectivity index (χ4n) is 3.80. The van der Waals surface area contributed by atoms with Crippen molar-refractivity contribution in [2.45, 2.75) is 37.5 Å². The van der Waals surface area contributed by atoms with Gasteiger partial charge in [-0.15, -0.1) is 0 Å². The van der Waals surface area contributed by atoms with Crippen LogP contribution in [0.4, 0.5) is 18.9 Å². The molecule has 214 valence electrons. The molecule has 0 heterocycles. The van der Waals surface area contributed by atoms with Crippen LogP contribution in [0, 0.1) is 0 Å². The van der Waals surface area contributed by atoms with Gasteiger partial charge in [-0.3, -0.25) is 13.9 Å². The first-order chi connectivity index (χ1) is 18.8. The summed E-state index contributed by atoms with van der Waals surface area (Å²) < 4.78 is 69.5. The zero-order valence-corrected chi connectivity index (χ0v) is 24.6. The Morgan fingerprint density at radius 3 is 2.23 bits per heavy atom. The number of carbonyl (C=O) groups is 2. The predicted octanol–water partition coefficient (Wildman–Crippen LogP) is 5.87. The highest BCUT2D eigenvalue weighted by atomic mass is 79.9. The number of hydrogen-bond acceptors (Lipinski definition) is 4. The van der Waals surface area contributed by atoms with E-state index in [1.165, 1.54) is 36.1 Å². The number of alkyl halides is 3. The fraction of sp³-hybridized carbons (Fsp3) is 0.259. The van der Waals surface area contributed by atoms with E-state index in [-0.39, 0.29) is 23.0 Å². The normalized spacial score (nSPS) is 12.5. The van der Waals surface area contributed by atoms with Gasteiger partial charge in [0.05, 0.1) is 21.2 Å². The molecule has 0 saturated heterocycles. The number of halogens is 5. The fourth-order valence-corrected chi connectivity index (χ4v) is 5.78. The molecule has 0 unspecified atom stereocenters. The summed E-state index contributed by atoms with van der Waals surface area (Å²) in [5.74, 6) is -1.31. The van der Waals surface area contributed by atoms with E-state index in [1.54, 1.807) is 37.3 Å². The molecule has 3 aromatic rings. The Hall–Kier alpha value is -3.09. The predicted molar refractivity (Wildman–Crippen MR) is 150 cm³/mol. The van der Waals surface area contributed by atoms with Crippen LogP contribution in [0.15, 0.2) is 82.2 Å². The molecule has 7 nitrogen and oxygen atoms in total. The van der Waals surface area contributed by atoms with Crippen LogP contribution in [0.5, 0.6) is 0 Å². The third-order valence-electron chi connectivity index (χ3n) is 5.94. The molecule has 3 aromatic carbocycles. The van der Waals surface area contributed by atoms with Gasteiger partial charge >= 0.3 is 6.18 Å². The summed E-state index contributed by atoms with van der Waals surface area (Å²) >= 11 is 9.56. The van der Waals surface area contributed by atoms with Crippen LogP contribution >= 0.6 is 27.5 Å². The van der Waals surface area contributed by atoms with Crippen molar-refractivity contribution >= 4 is 55.1 Å². The molecule has 0 radical (unpaired) electrons. The van der Waals surface area contributed by atoms with E-state index in [9.17, 15) is 31.2 Å². The highest BCUT2D eigenvalue weighted by Gasteiger charge is 2.36. The van der Waals surface area contributed by atoms with E-state index in [1.807, 2.05) is 0 Å². The Labute approximate surface area is 244 Å². The third kappa shape index (κ3) is 7.55. The van der Waals surface area contributed by atoms with Gasteiger partial charge in [-0.25, -0.2) is 8.42 Å². The van der Waals surface area contributed by atoms with Crippen LogP contribution in [0.2, 0.25) is 5.02 Å². The van der Waals surface area contributed by atoms with Crippen molar-refractivity contribution in [1.29, 1.82) is 0 Å². The van der Waals surface area contributed by atoms with Crippen molar-refractivity contribution in [3.05, 3.63) is 93.4 Å². The second-order valence-corrected chi connectivity index (χ2v) is 11.9. The second-order valence-electron chi connectivity index (χ2n) is 8.71. The van der Waals surface area contributed by atoms with Crippen molar-refractivity contribution in [3.63, 3.8) is 0 Å². The number of amides is 2. The Bertz CT molecular complexity index is 1460. The van der Waals surface area contributed by atoms with Gasteiger partial charge in [0, 0.05) is 17.6 Å². The topological polar surface area (TPSA) is 86.8 Å². The first kappa shape index (κ1) is 31.4. The third-order valence-corrected chi connectivity index (χ3v) is 8.56. The molecule has 0 fully saturated rings. The van der Waals surface area contributed by atoms with Crippen molar-refractivity contribution < 1.29 is 31.2 Å². The number of benzene rings is 3. The summed E-state index contributed by atoms with van der Waals surface area (Å²) in [6, 6.07) is 15.1. The Morgan fingerprint density at radius 1 is 1.02 bits per heavy atom. The lowest BCUT2D eigenvalue weighted by Gasteiger charge is -2.32. The van der Waals surface area contributed by atoms with Crippen molar-refractivity contribution in [2.24, 2.45) is 0 Å². The van der Waals surface area contributed by atoms with E-state index in [0.717, 1.165) is 16.6 Å². The molecule has 40 heavy (non-hydrogen) atoms. The van der Waals surface area contributed by atoms with Crippen LogP contribution in [0.3, 0.4) is 0 Å². The molecule has 0 aliphatic heterocycles. The minimum absolute atomic E-state index is 0.0695. The molecule has 1 N–H and O–H groups in total. The molecular formula is C27H26BrClF3N3O4S. The first-order valence-corrected chi connectivity index (χ1v) is 14.6. The maximum Gasteiger partial charge on any atom is 0.416 e. The molecule has 2 amide bonds. The molecule has 0 bridgehead atoms. The van der Waals surface area contributed by atoms with Crippen LogP contribution in [0.1, 0.15) is 25.0 Å². The number of anilines is 1. The minimum atomic E-state index is -4.80. The van der Waals surface area contributed by atoms with E-state index in [4.69, 9.17) is 11.6 Å². The molecule has 0 aromatic heterocycles. The summed E-state index contributed by atoms with van der Waals surface area (Å²) in [5, 5.41) is 2.32. The second kappa shape index (κ2) is 13.0. The van der Waals surface area contributed by atoms with E-state index >= 15 is 0 Å². The van der Waals surface area contributed by atoms with E-state index < -0.39 is 51.9 Å². The van der Waals surface area contributed by atoms with Crippen LogP contribution < -0.4 is 9.62 Å². The van der Waals surface area contributed by atoms with Crippen LogP contribution in [-0.2, 0) is 32.3 Å². The number of nitrogens with zero attached hydrogens (tertiary/aromatic N) is 2. The Kier molecular flexibility index (Phi) is 10.3. The average Bonchev–Trinajstić information content (AvgIpc) is 2.91. The van der Waals surface area contributed by atoms with Crippen LogP contribution in [-0.4, -0.2) is 44.3 Å². The average molecular weight is 661 g/mol. The maximum atomic E-state index is 13.8. The standard InChI is InChI=1S/C27H26BrClF3N3O4S/c1-3-33-26(37)18(2)34(16-19-9-12-21(28)13-10-19)25(36)17-35(40(38,39)22-7-5-4-6-8-22)24-15-20(27(30,31)32)11-14-23(24)29/h4-15,18H,3,16-17H2,1-2H3,(H,33,37)/t18-/m1/s1.